The normalized spacial score (nSPS) is 47.7. The summed E-state index contributed by atoms with van der Waals surface area (Å²) >= 11 is 0. The fourth-order valence-corrected chi connectivity index (χ4v) is 2.95. The van der Waals surface area contributed by atoms with Crippen molar-refractivity contribution in [1.29, 1.82) is 0 Å². The molecule has 2 atom stereocenters. The summed E-state index contributed by atoms with van der Waals surface area (Å²) in [4.78, 5) is 0. The van der Waals surface area contributed by atoms with Gasteiger partial charge < -0.3 is 5.32 Å². The monoisotopic (exact) mass is 152 g/mol. The lowest BCUT2D eigenvalue weighted by atomic mass is 9.81. The van der Waals surface area contributed by atoms with Crippen molar-refractivity contribution in [1.82, 2.24) is 5.32 Å². The highest BCUT2D eigenvalue weighted by Crippen LogP contribution is 2.43. The van der Waals surface area contributed by atoms with Gasteiger partial charge in [0.15, 0.2) is 0 Å². The van der Waals surface area contributed by atoms with Gasteiger partial charge in [-0.3, -0.25) is 0 Å². The maximum Gasteiger partial charge on any atom is 0.0163 e. The minimum absolute atomic E-state index is 0.366. The molecule has 1 heteroatoms. The number of nitrogens with one attached hydrogen (secondary N) is 1. The number of hydrogen-bond donors (Lipinski definition) is 1. The van der Waals surface area contributed by atoms with Crippen LogP contribution in [0.25, 0.3) is 0 Å². The van der Waals surface area contributed by atoms with Crippen LogP contribution in [-0.2, 0) is 0 Å². The van der Waals surface area contributed by atoms with Crippen LogP contribution in [0.15, 0.2) is 0 Å². The molecule has 0 amide bonds. The standard InChI is InChI=1S/C10H18N/c1-9(2)6-8-4-5-10(3,7-8)11-9/h4,8,11H,5-7H2,1-3H3. The second-order valence-electron chi connectivity index (χ2n) is 5.18. The van der Waals surface area contributed by atoms with Crippen LogP contribution in [0.5, 0.6) is 0 Å². The van der Waals surface area contributed by atoms with Gasteiger partial charge in [0.2, 0.25) is 0 Å². The first-order valence-corrected chi connectivity index (χ1v) is 4.62. The zero-order valence-corrected chi connectivity index (χ0v) is 7.78. The Kier molecular flexibility index (Phi) is 1.39. The van der Waals surface area contributed by atoms with Crippen molar-refractivity contribution in [2.75, 3.05) is 0 Å². The Bertz CT molecular complexity index is 174. The van der Waals surface area contributed by atoms with E-state index in [2.05, 4.69) is 32.5 Å². The highest BCUT2D eigenvalue weighted by molar-refractivity contribution is 5.10. The Morgan fingerprint density at radius 3 is 2.64 bits per heavy atom. The average molecular weight is 152 g/mol. The summed E-state index contributed by atoms with van der Waals surface area (Å²) in [7, 11) is 0. The van der Waals surface area contributed by atoms with E-state index in [9.17, 15) is 0 Å². The molecule has 0 aromatic rings. The highest BCUT2D eigenvalue weighted by atomic mass is 15.1. The highest BCUT2D eigenvalue weighted by Gasteiger charge is 2.44. The van der Waals surface area contributed by atoms with Gasteiger partial charge in [-0.1, -0.05) is 0 Å². The third-order valence-corrected chi connectivity index (χ3v) is 3.03. The fourth-order valence-electron chi connectivity index (χ4n) is 2.95. The van der Waals surface area contributed by atoms with E-state index in [4.69, 9.17) is 0 Å². The van der Waals surface area contributed by atoms with Gasteiger partial charge in [0.25, 0.3) is 0 Å². The van der Waals surface area contributed by atoms with Crippen LogP contribution in [0.4, 0.5) is 0 Å². The van der Waals surface area contributed by atoms with E-state index >= 15 is 0 Å². The maximum atomic E-state index is 3.73. The van der Waals surface area contributed by atoms with Gasteiger partial charge in [-0.2, -0.15) is 0 Å². The van der Waals surface area contributed by atoms with Gasteiger partial charge in [-0.25, -0.2) is 0 Å². The Morgan fingerprint density at radius 1 is 1.27 bits per heavy atom. The third-order valence-electron chi connectivity index (χ3n) is 3.03. The van der Waals surface area contributed by atoms with Crippen LogP contribution < -0.4 is 5.32 Å². The van der Waals surface area contributed by atoms with Crippen LogP contribution in [0.3, 0.4) is 0 Å². The number of hydrogen-bond acceptors (Lipinski definition) is 1. The van der Waals surface area contributed by atoms with Crippen molar-refractivity contribution in [3.8, 4) is 0 Å². The molecule has 1 heterocycles. The van der Waals surface area contributed by atoms with Crippen LogP contribution in [-0.4, -0.2) is 11.1 Å². The summed E-state index contributed by atoms with van der Waals surface area (Å²) in [6, 6.07) is 0. The maximum absolute atomic E-state index is 3.73. The Balaban J connectivity index is 2.19. The van der Waals surface area contributed by atoms with Crippen molar-refractivity contribution in [3.05, 3.63) is 6.42 Å². The summed E-state index contributed by atoms with van der Waals surface area (Å²) in [5, 5.41) is 3.73. The topological polar surface area (TPSA) is 12.0 Å². The number of rotatable bonds is 0. The number of fused-ring (bicyclic) bond motifs is 2. The summed E-state index contributed by atoms with van der Waals surface area (Å²) < 4.78 is 0. The van der Waals surface area contributed by atoms with E-state index < -0.39 is 0 Å². The molecule has 11 heavy (non-hydrogen) atoms. The molecular formula is C10H18N. The van der Waals surface area contributed by atoms with E-state index in [0.29, 0.717) is 11.1 Å². The second-order valence-corrected chi connectivity index (χ2v) is 5.18. The molecule has 1 saturated carbocycles. The van der Waals surface area contributed by atoms with Crippen molar-refractivity contribution in [2.45, 2.75) is 51.1 Å². The van der Waals surface area contributed by atoms with Crippen LogP contribution >= 0.6 is 0 Å². The van der Waals surface area contributed by atoms with Gasteiger partial charge in [0.05, 0.1) is 0 Å². The zero-order chi connectivity index (χ0) is 8.11. The lowest BCUT2D eigenvalue weighted by Crippen LogP contribution is -2.55. The van der Waals surface area contributed by atoms with Gasteiger partial charge >= 0.3 is 0 Å². The molecule has 1 N–H and O–H groups in total. The van der Waals surface area contributed by atoms with Crippen molar-refractivity contribution < 1.29 is 0 Å². The molecule has 2 fully saturated rings. The second kappa shape index (κ2) is 2.01. The summed E-state index contributed by atoms with van der Waals surface area (Å²) in [5.41, 5.74) is 0.789. The summed E-state index contributed by atoms with van der Waals surface area (Å²) in [5.74, 6) is 0.885. The fraction of sp³-hybridized carbons (Fsp3) is 0.900. The number of piperidine rings is 1. The van der Waals surface area contributed by atoms with Crippen LogP contribution in [0.2, 0.25) is 0 Å². The van der Waals surface area contributed by atoms with Gasteiger partial charge in [-0.05, 0) is 52.4 Å². The third kappa shape index (κ3) is 1.31. The largest absolute Gasteiger partial charge is 0.307 e. The van der Waals surface area contributed by atoms with E-state index in [-0.39, 0.29) is 0 Å². The molecule has 2 bridgehead atoms. The molecule has 1 aliphatic heterocycles. The van der Waals surface area contributed by atoms with Crippen LogP contribution in [0, 0.1) is 12.3 Å². The molecular weight excluding hydrogens is 134 g/mol. The molecule has 0 aromatic heterocycles. The smallest absolute Gasteiger partial charge is 0.0163 e. The SMILES string of the molecule is CC1(C)CC2[CH]CC(C)(C2)N1. The Morgan fingerprint density at radius 2 is 2.00 bits per heavy atom. The Hall–Kier alpha value is -0.0400. The molecule has 1 aliphatic carbocycles. The van der Waals surface area contributed by atoms with Gasteiger partial charge in [0.1, 0.15) is 0 Å². The first-order chi connectivity index (χ1) is 4.99. The molecule has 0 spiro atoms. The molecule has 2 unspecified atom stereocenters. The summed E-state index contributed by atoms with van der Waals surface area (Å²) in [6.07, 6.45) is 6.45. The van der Waals surface area contributed by atoms with Crippen LogP contribution in [0.1, 0.15) is 40.0 Å². The molecule has 63 valence electrons. The van der Waals surface area contributed by atoms with Crippen molar-refractivity contribution in [3.63, 3.8) is 0 Å². The summed E-state index contributed by atoms with van der Waals surface area (Å²) in [6.45, 7) is 6.98. The minimum Gasteiger partial charge on any atom is -0.307 e. The predicted octanol–water partition coefficient (Wildman–Crippen LogP) is 2.13. The minimum atomic E-state index is 0.366. The van der Waals surface area contributed by atoms with E-state index in [1.807, 2.05) is 0 Å². The van der Waals surface area contributed by atoms with Crippen molar-refractivity contribution in [2.24, 2.45) is 5.92 Å². The average Bonchev–Trinajstić information content (AvgIpc) is 2.03. The molecule has 2 rings (SSSR count). The van der Waals surface area contributed by atoms with E-state index in [0.717, 1.165) is 5.92 Å². The quantitative estimate of drug-likeness (QED) is 0.560. The predicted molar refractivity (Wildman–Crippen MR) is 47.3 cm³/mol. The van der Waals surface area contributed by atoms with E-state index in [1.54, 1.807) is 0 Å². The Labute approximate surface area is 69.6 Å². The first kappa shape index (κ1) is 7.60. The first-order valence-electron chi connectivity index (χ1n) is 4.62. The molecule has 1 saturated heterocycles. The van der Waals surface area contributed by atoms with E-state index in [1.165, 1.54) is 19.3 Å². The molecule has 1 radical (unpaired) electrons. The lowest BCUT2D eigenvalue weighted by Gasteiger charge is -2.42. The zero-order valence-electron chi connectivity index (χ0n) is 7.78. The van der Waals surface area contributed by atoms with Gasteiger partial charge in [0, 0.05) is 11.1 Å². The molecule has 2 aliphatic rings. The molecule has 1 nitrogen and oxygen atoms in total. The van der Waals surface area contributed by atoms with Gasteiger partial charge in [-0.15, -0.1) is 0 Å². The molecule has 0 aromatic carbocycles. The van der Waals surface area contributed by atoms with Crippen molar-refractivity contribution >= 4 is 0 Å². The lowest BCUT2D eigenvalue weighted by molar-refractivity contribution is 0.174.